The first kappa shape index (κ1) is 32.1. The molecule has 2 N–H and O–H groups in total. The van der Waals surface area contributed by atoms with Crippen LogP contribution in [0.25, 0.3) is 22.2 Å². The molecule has 2 aromatic heterocycles. The molecule has 5 rings (SSSR count). The van der Waals surface area contributed by atoms with Gasteiger partial charge in [-0.1, -0.05) is 18.2 Å². The summed E-state index contributed by atoms with van der Waals surface area (Å²) in [6.45, 7) is 0.841. The molecule has 0 amide bonds. The minimum Gasteiger partial charge on any atom is -1.00 e. The van der Waals surface area contributed by atoms with Gasteiger partial charge in [0.1, 0.15) is 39.3 Å². The molecule has 226 valence electrons. The van der Waals surface area contributed by atoms with Crippen LogP contribution in [0.15, 0.2) is 78.4 Å². The van der Waals surface area contributed by atoms with Gasteiger partial charge in [-0.05, 0) is 54.1 Å². The van der Waals surface area contributed by atoms with Crippen LogP contribution in [-0.4, -0.2) is 41.9 Å². The van der Waals surface area contributed by atoms with Gasteiger partial charge in [-0.15, -0.1) is 11.3 Å². The van der Waals surface area contributed by atoms with Crippen molar-refractivity contribution in [3.63, 3.8) is 0 Å². The minimum absolute atomic E-state index is 0. The summed E-state index contributed by atoms with van der Waals surface area (Å²) in [5.74, 6) is 1.18. The average Bonchev–Trinajstić information content (AvgIpc) is 3.43. The number of nitrogens with one attached hydrogen (secondary N) is 2. The van der Waals surface area contributed by atoms with E-state index in [1.54, 1.807) is 30.3 Å². The summed E-state index contributed by atoms with van der Waals surface area (Å²) in [6, 6.07) is 17.9. The van der Waals surface area contributed by atoms with Gasteiger partial charge in [0.15, 0.2) is 0 Å². The van der Waals surface area contributed by atoms with Gasteiger partial charge >= 0.3 is 6.18 Å². The van der Waals surface area contributed by atoms with Gasteiger partial charge in [0.25, 0.3) is 0 Å². The van der Waals surface area contributed by atoms with E-state index in [0.717, 1.165) is 45.0 Å². The van der Waals surface area contributed by atoms with Crippen LogP contribution in [0, 0.1) is 0 Å². The van der Waals surface area contributed by atoms with Crippen LogP contribution < -0.4 is 27.8 Å². The Kier molecular flexibility index (Phi) is 10.2. The number of aromatic nitrogens is 3. The van der Waals surface area contributed by atoms with Crippen LogP contribution >= 0.6 is 11.3 Å². The number of hydrogen-bond donors (Lipinski definition) is 2. The lowest BCUT2D eigenvalue weighted by molar-refractivity contribution is -0.137. The molecule has 8 nitrogen and oxygen atoms in total. The Bertz CT molecular complexity index is 1800. The number of fused-ring (bicyclic) bond motifs is 1. The van der Waals surface area contributed by atoms with Crippen molar-refractivity contribution in [1.29, 1.82) is 0 Å². The summed E-state index contributed by atoms with van der Waals surface area (Å²) in [5.41, 5.74) is 2.87. The lowest BCUT2D eigenvalue weighted by Gasteiger charge is -2.12. The molecule has 0 saturated heterocycles. The number of hydrogen-bond acceptors (Lipinski definition) is 9. The first-order valence-corrected chi connectivity index (χ1v) is 15.7. The van der Waals surface area contributed by atoms with Gasteiger partial charge in [-0.25, -0.2) is 23.4 Å². The third-order valence-corrected chi connectivity index (χ3v) is 7.98. The molecule has 0 aliphatic rings. The van der Waals surface area contributed by atoms with Crippen molar-refractivity contribution in [2.45, 2.75) is 19.3 Å². The topological polar surface area (TPSA) is 106 Å². The van der Waals surface area contributed by atoms with E-state index < -0.39 is 21.6 Å². The Labute approximate surface area is 256 Å². The number of benzene rings is 3. The van der Waals surface area contributed by atoms with Gasteiger partial charge in [-0.3, -0.25) is 0 Å². The fourth-order valence-corrected chi connectivity index (χ4v) is 5.36. The number of sulfone groups is 1. The maximum atomic E-state index is 13.0. The molecular weight excluding hydrogens is 623 g/mol. The van der Waals surface area contributed by atoms with Crippen LogP contribution in [0.2, 0.25) is 0 Å². The monoisotopic (exact) mass is 648 g/mol. The lowest BCUT2D eigenvalue weighted by Crippen LogP contribution is -3.00. The Morgan fingerprint density at radius 3 is 2.53 bits per heavy atom. The van der Waals surface area contributed by atoms with Crippen LogP contribution in [0.3, 0.4) is 0 Å². The van der Waals surface area contributed by atoms with Crippen molar-refractivity contribution in [3.05, 3.63) is 94.6 Å². The fraction of sp³-hybridized carbons (Fsp3) is 0.207. The first-order valence-electron chi connectivity index (χ1n) is 12.8. The van der Waals surface area contributed by atoms with Gasteiger partial charge in [0.05, 0.1) is 22.5 Å². The number of alkyl halides is 3. The Morgan fingerprint density at radius 2 is 1.79 bits per heavy atom. The molecule has 0 saturated carbocycles. The van der Waals surface area contributed by atoms with Crippen molar-refractivity contribution in [1.82, 2.24) is 20.3 Å². The van der Waals surface area contributed by atoms with Crippen molar-refractivity contribution in [2.75, 3.05) is 23.9 Å². The van der Waals surface area contributed by atoms with E-state index in [-0.39, 0.29) is 24.8 Å². The highest BCUT2D eigenvalue weighted by molar-refractivity contribution is 7.90. The first-order chi connectivity index (χ1) is 20.0. The maximum Gasteiger partial charge on any atom is 0.416 e. The average molecular weight is 649 g/mol. The van der Waals surface area contributed by atoms with Crippen molar-refractivity contribution < 1.29 is 38.7 Å². The number of anilines is 2. The van der Waals surface area contributed by atoms with Crippen LogP contribution in [0.5, 0.6) is 5.75 Å². The highest BCUT2D eigenvalue weighted by atomic mass is 35.5. The maximum absolute atomic E-state index is 13.0. The highest BCUT2D eigenvalue weighted by Crippen LogP contribution is 2.31. The van der Waals surface area contributed by atoms with E-state index >= 15 is 0 Å². The zero-order valence-corrected chi connectivity index (χ0v) is 25.1. The zero-order chi connectivity index (χ0) is 29.7. The highest BCUT2D eigenvalue weighted by Gasteiger charge is 2.30. The summed E-state index contributed by atoms with van der Waals surface area (Å²) < 4.78 is 67.2. The third-order valence-electron chi connectivity index (χ3n) is 6.19. The number of halogens is 4. The molecule has 0 spiro atoms. The van der Waals surface area contributed by atoms with Gasteiger partial charge < -0.3 is 27.8 Å². The SMILES string of the molecule is CS(=O)(=O)CCNCc1nc(-c2ccc3ncnc(Nc4ccc(OCc5cccc(C(F)(F)F)c5)cc4)c3c2)cs1.[Cl-]. The standard InChI is InChI=1S/C29H26F3N5O3S2.ClH/c1-42(38,39)12-11-33-15-27-37-26(17-41-27)20-5-10-25-24(14-20)28(35-18-34-25)36-22-6-8-23(9-7-22)40-16-19-3-2-4-21(13-19)29(30,31)32;/h2-10,13-14,17-18,33H,11-12,15-16H2,1H3,(H,34,35,36);1H/p-1. The molecule has 5 aromatic rings. The van der Waals surface area contributed by atoms with Gasteiger partial charge in [0, 0.05) is 41.4 Å². The molecule has 0 radical (unpaired) electrons. The van der Waals surface area contributed by atoms with Crippen LogP contribution in [0.1, 0.15) is 16.1 Å². The molecule has 3 aromatic carbocycles. The van der Waals surface area contributed by atoms with E-state index in [0.29, 0.717) is 30.2 Å². The van der Waals surface area contributed by atoms with Gasteiger partial charge in [0.2, 0.25) is 0 Å². The van der Waals surface area contributed by atoms with E-state index in [2.05, 4.69) is 25.6 Å². The number of nitrogens with zero attached hydrogens (tertiary/aromatic N) is 3. The van der Waals surface area contributed by atoms with Crippen molar-refractivity contribution in [2.24, 2.45) is 0 Å². The second-order valence-electron chi connectivity index (χ2n) is 9.52. The summed E-state index contributed by atoms with van der Waals surface area (Å²) in [4.78, 5) is 13.5. The predicted octanol–water partition coefficient (Wildman–Crippen LogP) is 3.23. The van der Waals surface area contributed by atoms with Crippen molar-refractivity contribution in [3.8, 4) is 17.0 Å². The van der Waals surface area contributed by atoms with Crippen LogP contribution in [0.4, 0.5) is 24.7 Å². The Balaban J connectivity index is 0.00000423. The molecular formula is C29H26ClF3N5O3S2-. The molecule has 2 heterocycles. The fourth-order valence-electron chi connectivity index (χ4n) is 4.07. The molecule has 0 aliphatic carbocycles. The minimum atomic E-state index is -4.40. The van der Waals surface area contributed by atoms with Gasteiger partial charge in [-0.2, -0.15) is 13.2 Å². The summed E-state index contributed by atoms with van der Waals surface area (Å²) in [7, 11) is -3.02. The number of thiazole rings is 1. The third kappa shape index (κ3) is 8.86. The predicted molar refractivity (Wildman–Crippen MR) is 158 cm³/mol. The Morgan fingerprint density at radius 1 is 1.00 bits per heavy atom. The molecule has 14 heteroatoms. The molecule has 0 atom stereocenters. The van der Waals surface area contributed by atoms with E-state index in [9.17, 15) is 21.6 Å². The largest absolute Gasteiger partial charge is 1.00 e. The Hall–Kier alpha value is -3.78. The van der Waals surface area contributed by atoms with E-state index in [4.69, 9.17) is 4.74 Å². The van der Waals surface area contributed by atoms with E-state index in [1.807, 2.05) is 23.6 Å². The molecule has 43 heavy (non-hydrogen) atoms. The normalized spacial score (nSPS) is 11.7. The molecule has 0 fully saturated rings. The summed E-state index contributed by atoms with van der Waals surface area (Å²) >= 11 is 1.49. The smallest absolute Gasteiger partial charge is 0.416 e. The van der Waals surface area contributed by atoms with Crippen LogP contribution in [-0.2, 0) is 29.2 Å². The second kappa shape index (κ2) is 13.7. The second-order valence-corrected chi connectivity index (χ2v) is 12.7. The zero-order valence-electron chi connectivity index (χ0n) is 22.7. The molecule has 0 bridgehead atoms. The molecule has 0 aliphatic heterocycles. The summed E-state index contributed by atoms with van der Waals surface area (Å²) in [5, 5.41) is 9.98. The quantitative estimate of drug-likeness (QED) is 0.211. The number of rotatable bonds is 11. The van der Waals surface area contributed by atoms with E-state index in [1.165, 1.54) is 30.0 Å². The van der Waals surface area contributed by atoms with Crippen molar-refractivity contribution >= 4 is 43.6 Å². The number of ether oxygens (including phenoxy) is 1. The molecule has 0 unspecified atom stereocenters. The lowest BCUT2D eigenvalue weighted by atomic mass is 10.1. The summed E-state index contributed by atoms with van der Waals surface area (Å²) in [6.07, 6.45) is -1.72.